The quantitative estimate of drug-likeness (QED) is 0.462. The zero-order valence-corrected chi connectivity index (χ0v) is 9.73. The lowest BCUT2D eigenvalue weighted by molar-refractivity contribution is -0.169. The molecule has 0 bridgehead atoms. The van der Waals surface area contributed by atoms with Gasteiger partial charge in [-0.05, 0) is 20.3 Å². The van der Waals surface area contributed by atoms with Crippen LogP contribution < -0.4 is 0 Å². The summed E-state index contributed by atoms with van der Waals surface area (Å²) in [4.78, 5) is 0. The van der Waals surface area contributed by atoms with E-state index in [1.54, 1.807) is 0 Å². The van der Waals surface area contributed by atoms with Gasteiger partial charge in [0.1, 0.15) is 5.40 Å². The standard InChI is InChI=1S/C10H18NO2S/c1-4-7-8-10(12-5-2,13-6-3)14-9-11/h1,4-8H2,2-3H3. The molecule has 0 amide bonds. The number of hydrogen-bond acceptors (Lipinski definition) is 4. The van der Waals surface area contributed by atoms with E-state index < -0.39 is 5.12 Å². The highest BCUT2D eigenvalue weighted by molar-refractivity contribution is 8.04. The summed E-state index contributed by atoms with van der Waals surface area (Å²) in [7, 11) is 0. The number of rotatable bonds is 8. The third-order valence-corrected chi connectivity index (χ3v) is 2.50. The van der Waals surface area contributed by atoms with Crippen LogP contribution in [-0.2, 0) is 9.47 Å². The minimum absolute atomic E-state index is 0.547. The molecule has 0 rings (SSSR count). The second-order valence-corrected chi connectivity index (χ2v) is 3.71. The molecule has 81 valence electrons. The van der Waals surface area contributed by atoms with Gasteiger partial charge in [0.25, 0.3) is 0 Å². The fourth-order valence-corrected chi connectivity index (χ4v) is 1.89. The van der Waals surface area contributed by atoms with E-state index in [-0.39, 0.29) is 0 Å². The lowest BCUT2D eigenvalue weighted by Crippen LogP contribution is -2.32. The van der Waals surface area contributed by atoms with E-state index in [4.69, 9.17) is 14.7 Å². The number of ether oxygens (including phenoxy) is 2. The van der Waals surface area contributed by atoms with Crippen LogP contribution in [0.4, 0.5) is 0 Å². The molecule has 3 nitrogen and oxygen atoms in total. The fourth-order valence-electron chi connectivity index (χ4n) is 1.15. The van der Waals surface area contributed by atoms with Gasteiger partial charge in [-0.1, -0.05) is 13.3 Å². The zero-order valence-electron chi connectivity index (χ0n) is 8.91. The van der Waals surface area contributed by atoms with Crippen molar-refractivity contribution in [3.05, 3.63) is 6.92 Å². The molecule has 0 fully saturated rings. The third-order valence-electron chi connectivity index (χ3n) is 1.66. The fraction of sp³-hybridized carbons (Fsp3) is 0.800. The molecule has 0 unspecified atom stereocenters. The lowest BCUT2D eigenvalue weighted by atomic mass is 10.2. The summed E-state index contributed by atoms with van der Waals surface area (Å²) >= 11 is 1.05. The Labute approximate surface area is 90.8 Å². The highest BCUT2D eigenvalue weighted by atomic mass is 32.2. The van der Waals surface area contributed by atoms with Gasteiger partial charge in [0.05, 0.1) is 0 Å². The van der Waals surface area contributed by atoms with Crippen LogP contribution in [0.15, 0.2) is 0 Å². The highest BCUT2D eigenvalue weighted by Gasteiger charge is 2.31. The van der Waals surface area contributed by atoms with Crippen LogP contribution in [0.1, 0.15) is 33.1 Å². The molecule has 0 saturated carbocycles. The number of nitriles is 1. The van der Waals surface area contributed by atoms with E-state index in [0.29, 0.717) is 19.6 Å². The van der Waals surface area contributed by atoms with Gasteiger partial charge in [-0.25, -0.2) is 0 Å². The number of hydrogen-bond donors (Lipinski definition) is 0. The Bertz CT molecular complexity index is 173. The second kappa shape index (κ2) is 8.10. The van der Waals surface area contributed by atoms with Crippen LogP contribution in [-0.4, -0.2) is 18.3 Å². The van der Waals surface area contributed by atoms with Crippen molar-refractivity contribution in [2.75, 3.05) is 13.2 Å². The summed E-state index contributed by atoms with van der Waals surface area (Å²) in [5.41, 5.74) is 0. The Morgan fingerprint density at radius 1 is 1.36 bits per heavy atom. The van der Waals surface area contributed by atoms with Crippen molar-refractivity contribution in [1.82, 2.24) is 0 Å². The molecule has 0 aliphatic carbocycles. The minimum Gasteiger partial charge on any atom is -0.341 e. The first-order valence-electron chi connectivity index (χ1n) is 4.89. The number of nitrogens with zero attached hydrogens (tertiary/aromatic N) is 1. The van der Waals surface area contributed by atoms with E-state index in [1.807, 2.05) is 19.2 Å². The third kappa shape index (κ3) is 4.85. The Hall–Kier alpha value is -0.240. The summed E-state index contributed by atoms with van der Waals surface area (Å²) in [6.07, 6.45) is 2.43. The van der Waals surface area contributed by atoms with E-state index in [0.717, 1.165) is 24.6 Å². The van der Waals surface area contributed by atoms with Crippen molar-refractivity contribution >= 4 is 11.8 Å². The van der Waals surface area contributed by atoms with Gasteiger partial charge in [0.15, 0.2) is 0 Å². The molecule has 4 heteroatoms. The van der Waals surface area contributed by atoms with Gasteiger partial charge in [0.2, 0.25) is 5.12 Å². The summed E-state index contributed by atoms with van der Waals surface area (Å²) in [5, 5.41) is 9.94. The predicted octanol–water partition coefficient (Wildman–Crippen LogP) is 2.93. The van der Waals surface area contributed by atoms with Crippen molar-refractivity contribution in [2.45, 2.75) is 38.2 Å². The van der Waals surface area contributed by atoms with Gasteiger partial charge in [-0.15, -0.1) is 0 Å². The Morgan fingerprint density at radius 2 is 1.93 bits per heavy atom. The van der Waals surface area contributed by atoms with Gasteiger partial charge in [0, 0.05) is 31.4 Å². The highest BCUT2D eigenvalue weighted by Crippen LogP contribution is 2.32. The summed E-state index contributed by atoms with van der Waals surface area (Å²) in [5.74, 6) is 0. The van der Waals surface area contributed by atoms with Crippen LogP contribution in [0.5, 0.6) is 0 Å². The zero-order chi connectivity index (χ0) is 10.9. The van der Waals surface area contributed by atoms with Crippen molar-refractivity contribution in [3.63, 3.8) is 0 Å². The smallest absolute Gasteiger partial charge is 0.231 e. The minimum atomic E-state index is -0.782. The van der Waals surface area contributed by atoms with Gasteiger partial charge >= 0.3 is 0 Å². The lowest BCUT2D eigenvalue weighted by Gasteiger charge is -2.29. The largest absolute Gasteiger partial charge is 0.341 e. The number of unbranched alkanes of at least 4 members (excludes halogenated alkanes) is 1. The maximum absolute atomic E-state index is 8.69. The van der Waals surface area contributed by atoms with Crippen LogP contribution in [0.25, 0.3) is 0 Å². The maximum atomic E-state index is 8.69. The Balaban J connectivity index is 4.31. The van der Waals surface area contributed by atoms with E-state index in [9.17, 15) is 0 Å². The first-order valence-corrected chi connectivity index (χ1v) is 5.70. The molecular weight excluding hydrogens is 198 g/mol. The normalized spacial score (nSPS) is 11.3. The van der Waals surface area contributed by atoms with E-state index in [2.05, 4.69) is 6.92 Å². The summed E-state index contributed by atoms with van der Waals surface area (Å²) in [6, 6.07) is 0. The van der Waals surface area contributed by atoms with Crippen LogP contribution >= 0.6 is 11.8 Å². The Kier molecular flexibility index (Phi) is 7.96. The molecule has 0 aliphatic rings. The van der Waals surface area contributed by atoms with Crippen molar-refractivity contribution in [3.8, 4) is 5.40 Å². The molecule has 0 N–H and O–H groups in total. The van der Waals surface area contributed by atoms with Crippen molar-refractivity contribution in [2.24, 2.45) is 0 Å². The van der Waals surface area contributed by atoms with Gasteiger partial charge in [-0.2, -0.15) is 5.26 Å². The molecule has 0 saturated heterocycles. The Morgan fingerprint density at radius 3 is 2.29 bits per heavy atom. The monoisotopic (exact) mass is 216 g/mol. The molecule has 0 atom stereocenters. The maximum Gasteiger partial charge on any atom is 0.231 e. The second-order valence-electron chi connectivity index (χ2n) is 2.70. The molecule has 1 radical (unpaired) electrons. The molecule has 0 aromatic heterocycles. The molecule has 14 heavy (non-hydrogen) atoms. The van der Waals surface area contributed by atoms with Crippen LogP contribution in [0.3, 0.4) is 0 Å². The number of thioether (sulfide) groups is 1. The van der Waals surface area contributed by atoms with Crippen LogP contribution in [0, 0.1) is 17.6 Å². The molecular formula is C10H18NO2S. The first kappa shape index (κ1) is 13.8. The van der Waals surface area contributed by atoms with Crippen molar-refractivity contribution in [1.29, 1.82) is 5.26 Å². The average molecular weight is 216 g/mol. The predicted molar refractivity (Wildman–Crippen MR) is 58.4 cm³/mol. The molecule has 0 heterocycles. The van der Waals surface area contributed by atoms with Gasteiger partial charge < -0.3 is 9.47 Å². The topological polar surface area (TPSA) is 42.2 Å². The molecule has 0 spiro atoms. The molecule has 0 aromatic carbocycles. The SMILES string of the molecule is [CH2]CCCC(OCC)(OCC)SC#N. The van der Waals surface area contributed by atoms with E-state index in [1.165, 1.54) is 0 Å². The molecule has 0 aliphatic heterocycles. The average Bonchev–Trinajstić information content (AvgIpc) is 2.16. The summed E-state index contributed by atoms with van der Waals surface area (Å²) < 4.78 is 11.0. The van der Waals surface area contributed by atoms with E-state index >= 15 is 0 Å². The van der Waals surface area contributed by atoms with Crippen molar-refractivity contribution < 1.29 is 9.47 Å². The van der Waals surface area contributed by atoms with Crippen LogP contribution in [0.2, 0.25) is 0 Å². The summed E-state index contributed by atoms with van der Waals surface area (Å²) in [6.45, 7) is 8.66. The first-order chi connectivity index (χ1) is 6.74. The van der Waals surface area contributed by atoms with Gasteiger partial charge in [-0.3, -0.25) is 0 Å². The number of thiocyanates is 1. The molecule has 0 aromatic rings.